The molecule has 2 aromatic carbocycles. The van der Waals surface area contributed by atoms with E-state index in [9.17, 15) is 19.7 Å². The summed E-state index contributed by atoms with van der Waals surface area (Å²) in [6.07, 6.45) is -0.846. The van der Waals surface area contributed by atoms with E-state index >= 15 is 0 Å². The van der Waals surface area contributed by atoms with Crippen LogP contribution in [0.3, 0.4) is 0 Å². The van der Waals surface area contributed by atoms with E-state index in [2.05, 4.69) is 10.9 Å². The van der Waals surface area contributed by atoms with Crippen LogP contribution in [0.25, 0.3) is 0 Å². The Labute approximate surface area is 150 Å². The van der Waals surface area contributed by atoms with Gasteiger partial charge in [-0.05, 0) is 44.0 Å². The molecular weight excluding hydrogens is 338 g/mol. The number of nitro groups is 1. The maximum atomic E-state index is 12.1. The summed E-state index contributed by atoms with van der Waals surface area (Å²) in [5.74, 6) is -0.636. The van der Waals surface area contributed by atoms with Crippen LogP contribution in [0.1, 0.15) is 28.4 Å². The second-order valence-corrected chi connectivity index (χ2v) is 5.71. The number of benzene rings is 2. The van der Waals surface area contributed by atoms with Gasteiger partial charge in [0.15, 0.2) is 6.10 Å². The normalized spacial score (nSPS) is 11.3. The molecule has 0 radical (unpaired) electrons. The Balaban J connectivity index is 1.95. The molecule has 0 aliphatic carbocycles. The Morgan fingerprint density at radius 2 is 1.81 bits per heavy atom. The van der Waals surface area contributed by atoms with E-state index in [-0.39, 0.29) is 11.3 Å². The molecule has 0 heterocycles. The summed E-state index contributed by atoms with van der Waals surface area (Å²) in [4.78, 5) is 34.3. The molecule has 0 aliphatic rings. The zero-order valence-electron chi connectivity index (χ0n) is 14.6. The topological polar surface area (TPSA) is 111 Å². The lowest BCUT2D eigenvalue weighted by Crippen LogP contribution is -2.47. The van der Waals surface area contributed by atoms with Gasteiger partial charge in [-0.1, -0.05) is 18.2 Å². The number of nitrogens with zero attached hydrogens (tertiary/aromatic N) is 1. The van der Waals surface area contributed by atoms with E-state index in [1.54, 1.807) is 13.0 Å². The Morgan fingerprint density at radius 1 is 1.12 bits per heavy atom. The highest BCUT2D eigenvalue weighted by Crippen LogP contribution is 2.21. The smallest absolute Gasteiger partial charge is 0.279 e. The number of rotatable bonds is 5. The largest absolute Gasteiger partial charge is 0.481 e. The van der Waals surface area contributed by atoms with Gasteiger partial charge in [0, 0.05) is 17.7 Å². The van der Waals surface area contributed by atoms with Crippen molar-refractivity contribution in [3.05, 3.63) is 69.3 Å². The minimum absolute atomic E-state index is 0.0580. The quantitative estimate of drug-likeness (QED) is 0.631. The lowest BCUT2D eigenvalue weighted by atomic mass is 10.1. The van der Waals surface area contributed by atoms with Crippen molar-refractivity contribution in [2.24, 2.45) is 0 Å². The van der Waals surface area contributed by atoms with Gasteiger partial charge in [0.1, 0.15) is 5.75 Å². The van der Waals surface area contributed by atoms with Crippen molar-refractivity contribution in [1.29, 1.82) is 0 Å². The minimum atomic E-state index is -0.846. The molecule has 0 spiro atoms. The van der Waals surface area contributed by atoms with Crippen LogP contribution in [-0.2, 0) is 4.79 Å². The minimum Gasteiger partial charge on any atom is -0.481 e. The third-order valence-electron chi connectivity index (χ3n) is 3.85. The van der Waals surface area contributed by atoms with Crippen molar-refractivity contribution in [1.82, 2.24) is 10.9 Å². The number of hydrazine groups is 1. The van der Waals surface area contributed by atoms with Crippen LogP contribution >= 0.6 is 0 Å². The van der Waals surface area contributed by atoms with Crippen LogP contribution < -0.4 is 15.6 Å². The SMILES string of the molecule is Cc1cccc(O[C@@H](C)C(=O)NNC(=O)c2cccc([N+](=O)[O-])c2)c1C. The highest BCUT2D eigenvalue weighted by atomic mass is 16.6. The number of amides is 2. The van der Waals surface area contributed by atoms with Crippen LogP contribution in [0.15, 0.2) is 42.5 Å². The summed E-state index contributed by atoms with van der Waals surface area (Å²) in [6.45, 7) is 5.38. The van der Waals surface area contributed by atoms with E-state index in [4.69, 9.17) is 4.74 Å². The predicted molar refractivity (Wildman–Crippen MR) is 94.7 cm³/mol. The van der Waals surface area contributed by atoms with Crippen LogP contribution in [0, 0.1) is 24.0 Å². The molecule has 0 bridgehead atoms. The molecule has 0 saturated carbocycles. The van der Waals surface area contributed by atoms with E-state index in [0.717, 1.165) is 17.2 Å². The first-order chi connectivity index (χ1) is 12.3. The van der Waals surface area contributed by atoms with Gasteiger partial charge in [0.2, 0.25) is 0 Å². The van der Waals surface area contributed by atoms with Gasteiger partial charge >= 0.3 is 0 Å². The summed E-state index contributed by atoms with van der Waals surface area (Å²) < 4.78 is 5.62. The highest BCUT2D eigenvalue weighted by molar-refractivity contribution is 5.96. The third-order valence-corrected chi connectivity index (χ3v) is 3.85. The van der Waals surface area contributed by atoms with Crippen LogP contribution in [0.4, 0.5) is 5.69 Å². The summed E-state index contributed by atoms with van der Waals surface area (Å²) in [7, 11) is 0. The molecule has 0 fully saturated rings. The fraction of sp³-hybridized carbons (Fsp3) is 0.222. The van der Waals surface area contributed by atoms with Crippen LogP contribution in [-0.4, -0.2) is 22.8 Å². The summed E-state index contributed by atoms with van der Waals surface area (Å²) >= 11 is 0. The maximum Gasteiger partial charge on any atom is 0.279 e. The first kappa shape index (κ1) is 18.9. The number of hydrogen-bond acceptors (Lipinski definition) is 5. The number of carbonyl (C=O) groups is 2. The maximum absolute atomic E-state index is 12.1. The summed E-state index contributed by atoms with van der Waals surface area (Å²) in [5, 5.41) is 10.7. The van der Waals surface area contributed by atoms with Gasteiger partial charge in [0.25, 0.3) is 17.5 Å². The number of hydrogen-bond donors (Lipinski definition) is 2. The van der Waals surface area contributed by atoms with Gasteiger partial charge in [0.05, 0.1) is 4.92 Å². The van der Waals surface area contributed by atoms with Crippen molar-refractivity contribution in [3.8, 4) is 5.75 Å². The number of carbonyl (C=O) groups excluding carboxylic acids is 2. The average molecular weight is 357 g/mol. The molecule has 26 heavy (non-hydrogen) atoms. The van der Waals surface area contributed by atoms with Gasteiger partial charge in [-0.3, -0.25) is 30.6 Å². The lowest BCUT2D eigenvalue weighted by molar-refractivity contribution is -0.384. The third kappa shape index (κ3) is 4.56. The second kappa shape index (κ2) is 8.11. The number of nitro benzene ring substituents is 1. The number of nitrogens with one attached hydrogen (secondary N) is 2. The molecule has 0 aliphatic heterocycles. The first-order valence-corrected chi connectivity index (χ1v) is 7.87. The number of aryl methyl sites for hydroxylation is 1. The van der Waals surface area contributed by atoms with Crippen molar-refractivity contribution in [2.75, 3.05) is 0 Å². The number of non-ortho nitro benzene ring substituents is 1. The van der Waals surface area contributed by atoms with Crippen molar-refractivity contribution in [2.45, 2.75) is 26.9 Å². The average Bonchev–Trinajstić information content (AvgIpc) is 2.63. The van der Waals surface area contributed by atoms with Gasteiger partial charge < -0.3 is 4.74 Å². The molecule has 0 aromatic heterocycles. The molecule has 8 nitrogen and oxygen atoms in total. The Kier molecular flexibility index (Phi) is 5.90. The Hall–Kier alpha value is -3.42. The molecule has 2 amide bonds. The summed E-state index contributed by atoms with van der Waals surface area (Å²) in [6, 6.07) is 10.7. The van der Waals surface area contributed by atoms with E-state index < -0.39 is 22.8 Å². The van der Waals surface area contributed by atoms with Crippen molar-refractivity contribution >= 4 is 17.5 Å². The molecule has 1 atom stereocenters. The molecule has 8 heteroatoms. The van der Waals surface area contributed by atoms with E-state index in [0.29, 0.717) is 5.75 Å². The zero-order chi connectivity index (χ0) is 19.3. The Bertz CT molecular complexity index is 850. The van der Waals surface area contributed by atoms with Crippen molar-refractivity contribution in [3.63, 3.8) is 0 Å². The molecule has 2 aromatic rings. The first-order valence-electron chi connectivity index (χ1n) is 7.87. The molecule has 136 valence electrons. The molecule has 0 unspecified atom stereocenters. The zero-order valence-corrected chi connectivity index (χ0v) is 14.6. The van der Waals surface area contributed by atoms with Gasteiger partial charge in [-0.15, -0.1) is 0 Å². The summed E-state index contributed by atoms with van der Waals surface area (Å²) in [5.41, 5.74) is 6.27. The van der Waals surface area contributed by atoms with E-state index in [1.165, 1.54) is 18.2 Å². The molecule has 2 N–H and O–H groups in total. The molecule has 2 rings (SSSR count). The van der Waals surface area contributed by atoms with Crippen LogP contribution in [0.5, 0.6) is 5.75 Å². The van der Waals surface area contributed by atoms with Crippen LogP contribution in [0.2, 0.25) is 0 Å². The standard InChI is InChI=1S/C18H19N3O5/c1-11-6-4-9-16(12(11)2)26-13(3)17(22)19-20-18(23)14-7-5-8-15(10-14)21(24)25/h4-10,13H,1-3H3,(H,19,22)(H,20,23)/t13-/m0/s1. The molecule has 0 saturated heterocycles. The van der Waals surface area contributed by atoms with E-state index in [1.807, 2.05) is 26.0 Å². The van der Waals surface area contributed by atoms with Gasteiger partial charge in [-0.25, -0.2) is 0 Å². The molecular formula is C18H19N3O5. The Morgan fingerprint density at radius 3 is 2.50 bits per heavy atom. The van der Waals surface area contributed by atoms with Gasteiger partial charge in [-0.2, -0.15) is 0 Å². The lowest BCUT2D eigenvalue weighted by Gasteiger charge is -2.17. The monoisotopic (exact) mass is 357 g/mol. The fourth-order valence-electron chi connectivity index (χ4n) is 2.15. The van der Waals surface area contributed by atoms with Crippen molar-refractivity contribution < 1.29 is 19.2 Å². The number of ether oxygens (including phenoxy) is 1. The highest BCUT2D eigenvalue weighted by Gasteiger charge is 2.18. The predicted octanol–water partition coefficient (Wildman–Crippen LogP) is 2.44. The second-order valence-electron chi connectivity index (χ2n) is 5.71. The fourth-order valence-corrected chi connectivity index (χ4v) is 2.15.